The number of hydrogen-bond donors (Lipinski definition) is 2. The summed E-state index contributed by atoms with van der Waals surface area (Å²) in [5, 5.41) is 20.5. The molecule has 0 spiro atoms. The van der Waals surface area contributed by atoms with Crippen LogP contribution in [0.5, 0.6) is 5.75 Å². The molecule has 10 heteroatoms. The van der Waals surface area contributed by atoms with Crippen LogP contribution in [0.3, 0.4) is 0 Å². The highest BCUT2D eigenvalue weighted by atomic mass is 16.6. The maximum atomic E-state index is 12.0. The number of rotatable bonds is 11. The van der Waals surface area contributed by atoms with Crippen LogP contribution < -0.4 is 15.4 Å². The molecule has 3 aromatic rings. The summed E-state index contributed by atoms with van der Waals surface area (Å²) in [4.78, 5) is 26.5. The fourth-order valence-electron chi connectivity index (χ4n) is 2.81. The first-order valence-electron chi connectivity index (χ1n) is 9.77. The van der Waals surface area contributed by atoms with Crippen LogP contribution in [0, 0.1) is 10.1 Å². The second-order valence-corrected chi connectivity index (χ2v) is 6.67. The first kappa shape index (κ1) is 21.8. The molecule has 0 fully saturated rings. The second-order valence-electron chi connectivity index (χ2n) is 6.67. The van der Waals surface area contributed by atoms with Gasteiger partial charge in [0.1, 0.15) is 5.75 Å². The third-order valence-electron chi connectivity index (χ3n) is 4.47. The van der Waals surface area contributed by atoms with E-state index >= 15 is 0 Å². The first-order valence-corrected chi connectivity index (χ1v) is 9.77. The summed E-state index contributed by atoms with van der Waals surface area (Å²) in [5.74, 6) is 1.67. The number of amides is 1. The molecule has 2 aromatic carbocycles. The minimum atomic E-state index is -0.446. The lowest BCUT2D eigenvalue weighted by Crippen LogP contribution is -2.28. The highest BCUT2D eigenvalue weighted by molar-refractivity contribution is 5.75. The summed E-state index contributed by atoms with van der Waals surface area (Å²) in [7, 11) is 1.60. The van der Waals surface area contributed by atoms with Crippen LogP contribution in [0.1, 0.15) is 18.7 Å². The van der Waals surface area contributed by atoms with E-state index in [1.807, 2.05) is 24.3 Å². The second kappa shape index (κ2) is 10.7. The van der Waals surface area contributed by atoms with Gasteiger partial charge in [0.15, 0.2) is 0 Å². The lowest BCUT2D eigenvalue weighted by atomic mass is 10.2. The number of benzene rings is 2. The molecule has 0 aliphatic heterocycles. The third kappa shape index (κ3) is 6.53. The van der Waals surface area contributed by atoms with Crippen molar-refractivity contribution in [2.45, 2.75) is 19.3 Å². The number of carbonyl (C=O) groups excluding carboxylic acids is 1. The monoisotopic (exact) mass is 425 g/mol. The number of carbonyl (C=O) groups is 1. The predicted molar refractivity (Wildman–Crippen MR) is 114 cm³/mol. The number of nitro groups is 1. The number of anilines is 1. The van der Waals surface area contributed by atoms with Gasteiger partial charge >= 0.3 is 0 Å². The van der Waals surface area contributed by atoms with E-state index in [0.29, 0.717) is 44.1 Å². The van der Waals surface area contributed by atoms with Crippen molar-refractivity contribution in [3.05, 3.63) is 64.5 Å². The summed E-state index contributed by atoms with van der Waals surface area (Å²) >= 11 is 0. The summed E-state index contributed by atoms with van der Waals surface area (Å²) in [5.41, 5.74) is 1.62. The average Bonchev–Trinajstić information content (AvgIpc) is 3.26. The van der Waals surface area contributed by atoms with Gasteiger partial charge in [-0.25, -0.2) is 0 Å². The minimum absolute atomic E-state index is 0.0382. The van der Waals surface area contributed by atoms with Crippen molar-refractivity contribution in [3.8, 4) is 17.1 Å². The predicted octanol–water partition coefficient (Wildman–Crippen LogP) is 3.20. The fraction of sp³-hybridized carbons (Fsp3) is 0.286. The van der Waals surface area contributed by atoms with Gasteiger partial charge in [-0.2, -0.15) is 4.98 Å². The Morgan fingerprint density at radius 1 is 1.13 bits per heavy atom. The molecule has 0 aliphatic carbocycles. The van der Waals surface area contributed by atoms with Gasteiger partial charge in [-0.3, -0.25) is 14.9 Å². The van der Waals surface area contributed by atoms with Gasteiger partial charge in [0.05, 0.1) is 12.0 Å². The third-order valence-corrected chi connectivity index (χ3v) is 4.47. The Morgan fingerprint density at radius 3 is 2.55 bits per heavy atom. The largest absolute Gasteiger partial charge is 0.497 e. The molecule has 3 rings (SSSR count). The van der Waals surface area contributed by atoms with Crippen LogP contribution in [-0.2, 0) is 11.2 Å². The number of non-ortho nitro benzene ring substituents is 1. The molecule has 0 saturated heterocycles. The van der Waals surface area contributed by atoms with E-state index in [-0.39, 0.29) is 11.6 Å². The molecular formula is C21H23N5O5. The number of nitro benzene ring substituents is 1. The number of nitrogens with one attached hydrogen (secondary N) is 2. The van der Waals surface area contributed by atoms with Crippen molar-refractivity contribution in [1.29, 1.82) is 0 Å². The zero-order valence-electron chi connectivity index (χ0n) is 17.0. The number of aryl methyl sites for hydroxylation is 1. The summed E-state index contributed by atoms with van der Waals surface area (Å²) in [6.07, 6.45) is 1.45. The zero-order chi connectivity index (χ0) is 22.1. The molecule has 1 aromatic heterocycles. The molecule has 0 saturated carbocycles. The van der Waals surface area contributed by atoms with Crippen molar-refractivity contribution >= 4 is 17.3 Å². The van der Waals surface area contributed by atoms with E-state index in [4.69, 9.17) is 9.26 Å². The van der Waals surface area contributed by atoms with Gasteiger partial charge in [-0.05, 0) is 42.8 Å². The molecule has 1 heterocycles. The topological polar surface area (TPSA) is 132 Å². The van der Waals surface area contributed by atoms with Gasteiger partial charge in [0, 0.05) is 49.3 Å². The fourth-order valence-corrected chi connectivity index (χ4v) is 2.81. The normalized spacial score (nSPS) is 10.5. The average molecular weight is 425 g/mol. The molecule has 1 amide bonds. The minimum Gasteiger partial charge on any atom is -0.497 e. The van der Waals surface area contributed by atoms with Crippen LogP contribution in [0.25, 0.3) is 11.4 Å². The van der Waals surface area contributed by atoms with E-state index in [1.165, 1.54) is 12.1 Å². The lowest BCUT2D eigenvalue weighted by molar-refractivity contribution is -0.384. The molecule has 10 nitrogen and oxygen atoms in total. The maximum Gasteiger partial charge on any atom is 0.269 e. The highest BCUT2D eigenvalue weighted by Crippen LogP contribution is 2.20. The molecule has 31 heavy (non-hydrogen) atoms. The molecule has 0 radical (unpaired) electrons. The summed E-state index contributed by atoms with van der Waals surface area (Å²) in [6, 6.07) is 13.5. The molecule has 162 valence electrons. The van der Waals surface area contributed by atoms with Crippen LogP contribution in [0.15, 0.2) is 53.1 Å². The Hall–Kier alpha value is -3.95. The van der Waals surface area contributed by atoms with E-state index < -0.39 is 4.92 Å². The molecular weight excluding hydrogens is 402 g/mol. The van der Waals surface area contributed by atoms with Crippen LogP contribution in [0.2, 0.25) is 0 Å². The van der Waals surface area contributed by atoms with E-state index in [9.17, 15) is 14.9 Å². The Balaban J connectivity index is 1.33. The van der Waals surface area contributed by atoms with Gasteiger partial charge in [0.25, 0.3) is 5.69 Å². The molecule has 0 unspecified atom stereocenters. The Morgan fingerprint density at radius 2 is 1.87 bits per heavy atom. The quantitative estimate of drug-likeness (QED) is 0.272. The van der Waals surface area contributed by atoms with Crippen molar-refractivity contribution < 1.29 is 19.0 Å². The zero-order valence-corrected chi connectivity index (χ0v) is 17.0. The number of methoxy groups -OCH3 is 1. The van der Waals surface area contributed by atoms with Crippen LogP contribution in [-0.4, -0.2) is 41.2 Å². The molecule has 0 atom stereocenters. The van der Waals surface area contributed by atoms with Crippen LogP contribution in [0.4, 0.5) is 11.4 Å². The SMILES string of the molecule is COc1ccc(-c2noc(CCCC(=O)NCCNc3ccc([N+](=O)[O-])cc3)n2)cc1. The Labute approximate surface area is 178 Å². The number of hydrogen-bond acceptors (Lipinski definition) is 8. The Kier molecular flexibility index (Phi) is 7.52. The van der Waals surface area contributed by atoms with Gasteiger partial charge in [-0.1, -0.05) is 5.16 Å². The van der Waals surface area contributed by atoms with Crippen molar-refractivity contribution in [3.63, 3.8) is 0 Å². The van der Waals surface area contributed by atoms with E-state index in [0.717, 1.165) is 17.0 Å². The van der Waals surface area contributed by atoms with Crippen LogP contribution >= 0.6 is 0 Å². The van der Waals surface area contributed by atoms with Crippen molar-refractivity contribution in [1.82, 2.24) is 15.5 Å². The maximum absolute atomic E-state index is 12.0. The van der Waals surface area contributed by atoms with Gasteiger partial charge in [-0.15, -0.1) is 0 Å². The first-order chi connectivity index (χ1) is 15.0. The lowest BCUT2D eigenvalue weighted by Gasteiger charge is -2.07. The molecule has 0 bridgehead atoms. The van der Waals surface area contributed by atoms with Crippen molar-refractivity contribution in [2.75, 3.05) is 25.5 Å². The van der Waals surface area contributed by atoms with E-state index in [1.54, 1.807) is 19.2 Å². The standard InChI is InChI=1S/C21H23N5O5/c1-30-18-11-5-15(6-12-18)21-24-20(31-25-21)4-2-3-19(27)23-14-13-22-16-7-9-17(10-8-16)26(28)29/h5-12,22H,2-4,13-14H2,1H3,(H,23,27). The highest BCUT2D eigenvalue weighted by Gasteiger charge is 2.10. The van der Waals surface area contributed by atoms with Gasteiger partial charge in [0.2, 0.25) is 17.6 Å². The molecule has 0 aliphatic rings. The van der Waals surface area contributed by atoms with Gasteiger partial charge < -0.3 is 19.9 Å². The Bertz CT molecular complexity index is 1000. The smallest absolute Gasteiger partial charge is 0.269 e. The van der Waals surface area contributed by atoms with Crippen molar-refractivity contribution in [2.24, 2.45) is 0 Å². The van der Waals surface area contributed by atoms with E-state index in [2.05, 4.69) is 20.8 Å². The number of aromatic nitrogens is 2. The summed E-state index contributed by atoms with van der Waals surface area (Å²) in [6.45, 7) is 0.955. The molecule has 2 N–H and O–H groups in total. The summed E-state index contributed by atoms with van der Waals surface area (Å²) < 4.78 is 10.4. The number of nitrogens with zero attached hydrogens (tertiary/aromatic N) is 3. The number of ether oxygens (including phenoxy) is 1.